The summed E-state index contributed by atoms with van der Waals surface area (Å²) in [4.78, 5) is 34.6. The molecule has 1 heterocycles. The molecular formula is C18H24N4O3. The topological polar surface area (TPSA) is 90.9 Å². The van der Waals surface area contributed by atoms with Crippen LogP contribution in [0.5, 0.6) is 0 Å². The number of anilines is 1. The molecule has 0 bridgehead atoms. The fourth-order valence-electron chi connectivity index (χ4n) is 2.51. The molecule has 0 atom stereocenters. The number of carbonyl (C=O) groups is 3. The Hall–Kier alpha value is -2.70. The van der Waals surface area contributed by atoms with E-state index in [0.29, 0.717) is 30.8 Å². The van der Waals surface area contributed by atoms with Gasteiger partial charge in [0.1, 0.15) is 0 Å². The Kier molecular flexibility index (Phi) is 6.68. The molecule has 134 valence electrons. The van der Waals surface area contributed by atoms with E-state index in [2.05, 4.69) is 15.7 Å². The third-order valence-electron chi connectivity index (χ3n) is 3.80. The van der Waals surface area contributed by atoms with Crippen LogP contribution in [-0.2, 0) is 9.59 Å². The van der Waals surface area contributed by atoms with Crippen LogP contribution in [0.2, 0.25) is 0 Å². The predicted molar refractivity (Wildman–Crippen MR) is 96.5 cm³/mol. The van der Waals surface area contributed by atoms with E-state index in [0.717, 1.165) is 25.0 Å². The third-order valence-corrected chi connectivity index (χ3v) is 3.80. The molecule has 0 saturated heterocycles. The quantitative estimate of drug-likeness (QED) is 0.705. The Bertz CT molecular complexity index is 667. The summed E-state index contributed by atoms with van der Waals surface area (Å²) in [6.07, 6.45) is 3.03. The highest BCUT2D eigenvalue weighted by molar-refractivity contribution is 6.12. The van der Waals surface area contributed by atoms with Crippen molar-refractivity contribution in [2.75, 3.05) is 18.1 Å². The number of nitrogens with one attached hydrogen (secondary N) is 2. The Morgan fingerprint density at radius 3 is 2.28 bits per heavy atom. The molecule has 0 radical (unpaired) electrons. The molecule has 1 aromatic carbocycles. The fraction of sp³-hybridized carbons (Fsp3) is 0.444. The molecule has 0 unspecified atom stereocenters. The first-order valence-electron chi connectivity index (χ1n) is 8.47. The van der Waals surface area contributed by atoms with Crippen molar-refractivity contribution >= 4 is 29.1 Å². The molecule has 25 heavy (non-hydrogen) atoms. The van der Waals surface area contributed by atoms with E-state index in [1.54, 1.807) is 24.3 Å². The smallest absolute Gasteiger partial charge is 0.253 e. The minimum atomic E-state index is -0.138. The van der Waals surface area contributed by atoms with Crippen LogP contribution < -0.4 is 15.6 Å². The van der Waals surface area contributed by atoms with E-state index in [4.69, 9.17) is 0 Å². The first kappa shape index (κ1) is 18.6. The van der Waals surface area contributed by atoms with Crippen LogP contribution >= 0.6 is 0 Å². The van der Waals surface area contributed by atoms with E-state index >= 15 is 0 Å². The molecule has 7 heteroatoms. The highest BCUT2D eigenvalue weighted by atomic mass is 16.2. The Morgan fingerprint density at radius 2 is 1.72 bits per heavy atom. The summed E-state index contributed by atoms with van der Waals surface area (Å²) in [6.45, 7) is 4.57. The van der Waals surface area contributed by atoms with Gasteiger partial charge in [0.2, 0.25) is 5.91 Å². The number of amides is 3. The summed E-state index contributed by atoms with van der Waals surface area (Å²) in [6, 6.07) is 6.83. The predicted octanol–water partition coefficient (Wildman–Crippen LogP) is 1.84. The lowest BCUT2D eigenvalue weighted by Gasteiger charge is -2.12. The normalized spacial score (nSPS) is 13.6. The van der Waals surface area contributed by atoms with E-state index in [1.807, 2.05) is 6.92 Å². The summed E-state index contributed by atoms with van der Waals surface area (Å²) in [5.74, 6) is -0.219. The number of benzene rings is 1. The van der Waals surface area contributed by atoms with Gasteiger partial charge in [-0.15, -0.1) is 0 Å². The second kappa shape index (κ2) is 8.96. The Morgan fingerprint density at radius 1 is 1.08 bits per heavy atom. The Labute approximate surface area is 147 Å². The van der Waals surface area contributed by atoms with Crippen LogP contribution in [0.15, 0.2) is 29.4 Å². The fourth-order valence-corrected chi connectivity index (χ4v) is 2.51. The molecule has 2 rings (SSSR count). The number of carbonyl (C=O) groups excluding carboxylic acids is 3. The van der Waals surface area contributed by atoms with Gasteiger partial charge in [0, 0.05) is 31.3 Å². The zero-order valence-corrected chi connectivity index (χ0v) is 14.7. The van der Waals surface area contributed by atoms with Crippen molar-refractivity contribution in [3.8, 4) is 0 Å². The molecule has 2 N–H and O–H groups in total. The first-order valence-corrected chi connectivity index (χ1v) is 8.47. The average Bonchev–Trinajstić information content (AvgIpc) is 2.92. The molecule has 3 amide bonds. The second-order valence-electron chi connectivity index (χ2n) is 6.06. The van der Waals surface area contributed by atoms with Gasteiger partial charge in [-0.05, 0) is 50.5 Å². The largest absolute Gasteiger partial charge is 0.356 e. The van der Waals surface area contributed by atoms with Gasteiger partial charge in [-0.1, -0.05) is 0 Å². The first-order chi connectivity index (χ1) is 12.0. The summed E-state index contributed by atoms with van der Waals surface area (Å²) < 4.78 is 0. The van der Waals surface area contributed by atoms with Gasteiger partial charge < -0.3 is 10.6 Å². The van der Waals surface area contributed by atoms with Gasteiger partial charge in [-0.3, -0.25) is 14.4 Å². The van der Waals surface area contributed by atoms with Crippen LogP contribution in [-0.4, -0.2) is 36.5 Å². The van der Waals surface area contributed by atoms with E-state index < -0.39 is 0 Å². The molecule has 1 aliphatic heterocycles. The second-order valence-corrected chi connectivity index (χ2v) is 6.06. The zero-order chi connectivity index (χ0) is 18.2. The zero-order valence-electron chi connectivity index (χ0n) is 14.7. The van der Waals surface area contributed by atoms with Gasteiger partial charge in [-0.25, -0.2) is 5.01 Å². The average molecular weight is 344 g/mol. The molecule has 0 aromatic heterocycles. The lowest BCUT2D eigenvalue weighted by molar-refractivity contribution is -0.119. The van der Waals surface area contributed by atoms with Crippen molar-refractivity contribution in [3.63, 3.8) is 0 Å². The maximum atomic E-state index is 12.1. The van der Waals surface area contributed by atoms with Crippen molar-refractivity contribution < 1.29 is 14.4 Å². The minimum Gasteiger partial charge on any atom is -0.356 e. The molecule has 0 saturated carbocycles. The standard InChI is InChI=1S/C18H24N4O3/c1-13-12-17(24)22(21-13)16-8-6-15(7-9-16)18(25)20-11-5-3-4-10-19-14(2)23/h6-9H,3-5,10-12H2,1-2H3,(H,19,23)(H,20,25). The van der Waals surface area contributed by atoms with E-state index in [1.165, 1.54) is 11.9 Å². The van der Waals surface area contributed by atoms with Crippen LogP contribution in [0.1, 0.15) is 49.9 Å². The molecule has 0 fully saturated rings. The lowest BCUT2D eigenvalue weighted by Crippen LogP contribution is -2.25. The maximum Gasteiger partial charge on any atom is 0.253 e. The van der Waals surface area contributed by atoms with Crippen molar-refractivity contribution in [1.29, 1.82) is 0 Å². The van der Waals surface area contributed by atoms with Crippen molar-refractivity contribution in [3.05, 3.63) is 29.8 Å². The molecule has 7 nitrogen and oxygen atoms in total. The van der Waals surface area contributed by atoms with Gasteiger partial charge in [0.15, 0.2) is 0 Å². The SMILES string of the molecule is CC(=O)NCCCCCNC(=O)c1ccc(N2N=C(C)CC2=O)cc1. The molecule has 1 aliphatic rings. The molecular weight excluding hydrogens is 320 g/mol. The number of nitrogens with zero attached hydrogens (tertiary/aromatic N) is 2. The third kappa shape index (κ3) is 5.70. The lowest BCUT2D eigenvalue weighted by atomic mass is 10.1. The highest BCUT2D eigenvalue weighted by Crippen LogP contribution is 2.20. The van der Waals surface area contributed by atoms with Crippen molar-refractivity contribution in [2.45, 2.75) is 39.5 Å². The molecule has 0 spiro atoms. The van der Waals surface area contributed by atoms with Crippen molar-refractivity contribution in [1.82, 2.24) is 10.6 Å². The van der Waals surface area contributed by atoms with E-state index in [9.17, 15) is 14.4 Å². The van der Waals surface area contributed by atoms with Crippen LogP contribution in [0, 0.1) is 0 Å². The summed E-state index contributed by atoms with van der Waals surface area (Å²) in [5.41, 5.74) is 2.00. The Balaban J connectivity index is 1.73. The van der Waals surface area contributed by atoms with Gasteiger partial charge >= 0.3 is 0 Å². The highest BCUT2D eigenvalue weighted by Gasteiger charge is 2.22. The minimum absolute atomic E-state index is 0.0202. The number of hydrazone groups is 1. The van der Waals surface area contributed by atoms with Crippen LogP contribution in [0.25, 0.3) is 0 Å². The summed E-state index contributed by atoms with van der Waals surface area (Å²) >= 11 is 0. The number of unbranched alkanes of at least 4 members (excludes halogenated alkanes) is 2. The summed E-state index contributed by atoms with van der Waals surface area (Å²) in [5, 5.41) is 11.2. The van der Waals surface area contributed by atoms with Gasteiger partial charge in [0.25, 0.3) is 11.8 Å². The number of rotatable bonds is 8. The van der Waals surface area contributed by atoms with E-state index in [-0.39, 0.29) is 17.7 Å². The van der Waals surface area contributed by atoms with Crippen LogP contribution in [0.3, 0.4) is 0 Å². The summed E-state index contributed by atoms with van der Waals surface area (Å²) in [7, 11) is 0. The maximum absolute atomic E-state index is 12.1. The molecule has 1 aromatic rings. The monoisotopic (exact) mass is 344 g/mol. The van der Waals surface area contributed by atoms with Gasteiger partial charge in [-0.2, -0.15) is 5.10 Å². The van der Waals surface area contributed by atoms with Gasteiger partial charge in [0.05, 0.1) is 12.1 Å². The van der Waals surface area contributed by atoms with Crippen molar-refractivity contribution in [2.24, 2.45) is 5.10 Å². The number of hydrogen-bond acceptors (Lipinski definition) is 4. The van der Waals surface area contributed by atoms with Crippen LogP contribution in [0.4, 0.5) is 5.69 Å². The number of hydrogen-bond donors (Lipinski definition) is 2. The molecule has 0 aliphatic carbocycles.